The summed E-state index contributed by atoms with van der Waals surface area (Å²) in [5, 5.41) is 0. The molecule has 0 aliphatic carbocycles. The maximum absolute atomic E-state index is 12.9. The zero-order valence-electron chi connectivity index (χ0n) is 20.6. The van der Waals surface area contributed by atoms with Gasteiger partial charge in [-0.1, -0.05) is 91.8 Å². The molecule has 0 bridgehead atoms. The van der Waals surface area contributed by atoms with Gasteiger partial charge in [0.2, 0.25) is 0 Å². The Bertz CT molecular complexity index is 925. The van der Waals surface area contributed by atoms with E-state index in [2.05, 4.69) is 0 Å². The van der Waals surface area contributed by atoms with E-state index in [1.54, 1.807) is 24.3 Å². The first-order chi connectivity index (χ1) is 15.1. The Kier molecular flexibility index (Phi) is 9.00. The predicted octanol–water partition coefficient (Wildman–Crippen LogP) is 7.86. The third-order valence-electron chi connectivity index (χ3n) is 5.26. The average molecular weight is 498 g/mol. The fourth-order valence-corrected chi connectivity index (χ4v) is 5.76. The normalized spacial score (nSPS) is 15.7. The van der Waals surface area contributed by atoms with Crippen LogP contribution in [-0.4, -0.2) is 9.79 Å². The molecule has 2 aromatic rings. The first-order valence-electron chi connectivity index (χ1n) is 11.2. The van der Waals surface area contributed by atoms with Gasteiger partial charge in [-0.25, -0.2) is 9.13 Å². The summed E-state index contributed by atoms with van der Waals surface area (Å²) < 4.78 is 41.3. The van der Waals surface area contributed by atoms with Gasteiger partial charge in [-0.2, -0.15) is 4.31 Å². The quantitative estimate of drug-likeness (QED) is 0.322. The Balaban J connectivity index is 2.41. The number of hydrogen-bond donors (Lipinski definition) is 2. The highest BCUT2D eigenvalue weighted by atomic mass is 31.3. The molecule has 33 heavy (non-hydrogen) atoms. The number of para-hydroxylation sites is 2. The van der Waals surface area contributed by atoms with E-state index in [9.17, 15) is 18.9 Å². The van der Waals surface area contributed by atoms with E-state index in [1.807, 2.05) is 67.5 Å². The maximum Gasteiger partial charge on any atom is 0.537 e. The van der Waals surface area contributed by atoms with Gasteiger partial charge in [-0.15, -0.1) is 0 Å². The largest absolute Gasteiger partial charge is 0.537 e. The van der Waals surface area contributed by atoms with Crippen LogP contribution in [0.25, 0.3) is 0 Å². The molecule has 2 unspecified atom stereocenters. The SMILES string of the molecule is CC(C)c1cccc(C(C)C)c1OP(=O)(O)OP(=O)(O)Oc1c(C(C)C)cccc1C(C)C. The van der Waals surface area contributed by atoms with Crippen LogP contribution in [0, 0.1) is 0 Å². The topological polar surface area (TPSA) is 102 Å². The van der Waals surface area contributed by atoms with Crippen LogP contribution >= 0.6 is 15.6 Å². The van der Waals surface area contributed by atoms with Crippen LogP contribution < -0.4 is 9.05 Å². The molecule has 2 atom stereocenters. The summed E-state index contributed by atoms with van der Waals surface area (Å²) >= 11 is 0. The summed E-state index contributed by atoms with van der Waals surface area (Å²) in [5.41, 5.74) is 2.78. The van der Waals surface area contributed by atoms with Gasteiger partial charge in [0.05, 0.1) is 0 Å². The lowest BCUT2D eigenvalue weighted by Crippen LogP contribution is -2.07. The van der Waals surface area contributed by atoms with Crippen molar-refractivity contribution in [3.05, 3.63) is 58.7 Å². The van der Waals surface area contributed by atoms with Crippen molar-refractivity contribution in [2.75, 3.05) is 0 Å². The Morgan fingerprint density at radius 2 is 0.818 bits per heavy atom. The summed E-state index contributed by atoms with van der Waals surface area (Å²) in [6.07, 6.45) is 0. The molecule has 7 nitrogen and oxygen atoms in total. The van der Waals surface area contributed by atoms with Gasteiger partial charge in [0.25, 0.3) is 0 Å². The number of rotatable bonds is 10. The molecule has 0 fully saturated rings. The van der Waals surface area contributed by atoms with Crippen LogP contribution in [0.4, 0.5) is 0 Å². The summed E-state index contributed by atoms with van der Waals surface area (Å²) in [6, 6.07) is 10.8. The van der Waals surface area contributed by atoms with E-state index in [0.717, 1.165) is 0 Å². The molecule has 2 N–H and O–H groups in total. The molecular formula is C24H36O7P2. The fraction of sp³-hybridized carbons (Fsp3) is 0.500. The van der Waals surface area contributed by atoms with Gasteiger partial charge in [-0.3, -0.25) is 9.79 Å². The minimum Gasteiger partial charge on any atom is -0.403 e. The zero-order valence-corrected chi connectivity index (χ0v) is 22.4. The summed E-state index contributed by atoms with van der Waals surface area (Å²) in [7, 11) is -10.0. The van der Waals surface area contributed by atoms with E-state index >= 15 is 0 Å². The van der Waals surface area contributed by atoms with Crippen LogP contribution in [0.5, 0.6) is 11.5 Å². The Labute approximate surface area is 197 Å². The number of phosphoric ester groups is 2. The highest BCUT2D eigenvalue weighted by molar-refractivity contribution is 7.61. The van der Waals surface area contributed by atoms with Crippen molar-refractivity contribution in [3.8, 4) is 11.5 Å². The molecule has 2 rings (SSSR count). The third-order valence-corrected chi connectivity index (χ3v) is 7.74. The first-order valence-corrected chi connectivity index (χ1v) is 14.2. The standard InChI is InChI=1S/C24H36O7P2/c1-15(2)19-11-9-12-20(16(3)4)23(19)29-32(25,26)31-33(27,28)30-24-21(17(5)6)13-10-14-22(24)18(7)8/h9-18H,1-8H3,(H,25,26)(H,27,28). The third kappa shape index (κ3) is 7.18. The molecule has 2 aromatic carbocycles. The first kappa shape index (κ1) is 27.6. The van der Waals surface area contributed by atoms with Crippen LogP contribution in [-0.2, 0) is 13.4 Å². The van der Waals surface area contributed by atoms with Crippen molar-refractivity contribution < 1.29 is 32.3 Å². The molecule has 0 saturated heterocycles. The number of phosphoric acid groups is 2. The zero-order chi connectivity index (χ0) is 25.1. The molecule has 0 amide bonds. The van der Waals surface area contributed by atoms with Gasteiger partial charge in [0, 0.05) is 0 Å². The molecule has 184 valence electrons. The fourth-order valence-electron chi connectivity index (χ4n) is 3.57. The smallest absolute Gasteiger partial charge is 0.403 e. The summed E-state index contributed by atoms with van der Waals surface area (Å²) in [5.74, 6) is 0.312. The highest BCUT2D eigenvalue weighted by Crippen LogP contribution is 2.61. The molecule has 0 aromatic heterocycles. The maximum atomic E-state index is 12.9. The summed E-state index contributed by atoms with van der Waals surface area (Å²) in [6.45, 7) is 15.4. The van der Waals surface area contributed by atoms with Crippen molar-refractivity contribution in [2.45, 2.75) is 79.1 Å². The lowest BCUT2D eigenvalue weighted by Gasteiger charge is -2.24. The molecule has 0 saturated carbocycles. The van der Waals surface area contributed by atoms with Gasteiger partial charge >= 0.3 is 15.6 Å². The van der Waals surface area contributed by atoms with Crippen LogP contribution in [0.3, 0.4) is 0 Å². The minimum absolute atomic E-state index is 0.0117. The van der Waals surface area contributed by atoms with Crippen molar-refractivity contribution in [2.24, 2.45) is 0 Å². The Morgan fingerprint density at radius 3 is 1.03 bits per heavy atom. The predicted molar refractivity (Wildman–Crippen MR) is 131 cm³/mol. The van der Waals surface area contributed by atoms with Gasteiger partial charge < -0.3 is 9.05 Å². The lowest BCUT2D eigenvalue weighted by molar-refractivity contribution is 0.232. The van der Waals surface area contributed by atoms with Crippen molar-refractivity contribution in [3.63, 3.8) is 0 Å². The second-order valence-electron chi connectivity index (χ2n) is 9.35. The van der Waals surface area contributed by atoms with Gasteiger partial charge in [0.1, 0.15) is 11.5 Å². The highest BCUT2D eigenvalue weighted by Gasteiger charge is 2.40. The summed E-state index contributed by atoms with van der Waals surface area (Å²) in [4.78, 5) is 20.9. The average Bonchev–Trinajstić information content (AvgIpc) is 2.65. The Hall–Kier alpha value is -1.62. The number of hydrogen-bond acceptors (Lipinski definition) is 5. The monoisotopic (exact) mass is 498 g/mol. The van der Waals surface area contributed by atoms with Crippen molar-refractivity contribution in [1.82, 2.24) is 0 Å². The molecule has 0 spiro atoms. The molecule has 9 heteroatoms. The van der Waals surface area contributed by atoms with E-state index in [1.165, 1.54) is 0 Å². The molecule has 0 aliphatic heterocycles. The van der Waals surface area contributed by atoms with E-state index in [0.29, 0.717) is 22.3 Å². The van der Waals surface area contributed by atoms with Crippen LogP contribution in [0.15, 0.2) is 36.4 Å². The molecule has 0 heterocycles. The van der Waals surface area contributed by atoms with E-state index in [4.69, 9.17) is 13.4 Å². The second-order valence-corrected chi connectivity index (χ2v) is 12.2. The Morgan fingerprint density at radius 1 is 0.576 bits per heavy atom. The van der Waals surface area contributed by atoms with E-state index < -0.39 is 15.6 Å². The molecular weight excluding hydrogens is 462 g/mol. The van der Waals surface area contributed by atoms with E-state index in [-0.39, 0.29) is 35.2 Å². The van der Waals surface area contributed by atoms with Crippen LogP contribution in [0.1, 0.15) is 101 Å². The molecule has 0 aliphatic rings. The second kappa shape index (κ2) is 10.8. The van der Waals surface area contributed by atoms with Crippen LogP contribution in [0.2, 0.25) is 0 Å². The minimum atomic E-state index is -5.02. The van der Waals surface area contributed by atoms with Crippen molar-refractivity contribution in [1.29, 1.82) is 0 Å². The number of benzene rings is 2. The molecule has 0 radical (unpaired) electrons. The van der Waals surface area contributed by atoms with Gasteiger partial charge in [0.15, 0.2) is 0 Å². The van der Waals surface area contributed by atoms with Gasteiger partial charge in [-0.05, 0) is 45.9 Å². The lowest BCUT2D eigenvalue weighted by atomic mass is 9.94. The van der Waals surface area contributed by atoms with Crippen molar-refractivity contribution >= 4 is 15.6 Å².